The lowest BCUT2D eigenvalue weighted by atomic mass is 9.75. The van der Waals surface area contributed by atoms with Crippen molar-refractivity contribution in [1.82, 2.24) is 9.80 Å². The predicted molar refractivity (Wildman–Crippen MR) is 91.6 cm³/mol. The molecule has 0 unspecified atom stereocenters. The minimum atomic E-state index is 0.139. The number of likely N-dealkylation sites (N-methyl/N-ethyl adjacent to an activating group) is 2. The second kappa shape index (κ2) is 5.98. The fraction of sp³-hybridized carbons (Fsp3) is 0.667. The Morgan fingerprint density at radius 2 is 1.67 bits per heavy atom. The summed E-state index contributed by atoms with van der Waals surface area (Å²) in [6.45, 7) is 6.85. The van der Waals surface area contributed by atoms with Gasteiger partial charge >= 0.3 is 0 Å². The van der Waals surface area contributed by atoms with Gasteiger partial charge in [-0.05, 0) is 58.1 Å². The van der Waals surface area contributed by atoms with Crippen LogP contribution in [0.4, 0.5) is 5.69 Å². The van der Waals surface area contributed by atoms with E-state index in [0.717, 1.165) is 18.8 Å². The molecule has 2 rings (SSSR count). The van der Waals surface area contributed by atoms with Crippen molar-refractivity contribution in [2.24, 2.45) is 0 Å². The number of anilines is 1. The van der Waals surface area contributed by atoms with Crippen LogP contribution in [0.1, 0.15) is 38.7 Å². The molecule has 1 aromatic rings. The Labute approximate surface area is 130 Å². The minimum absolute atomic E-state index is 0.139. The molecule has 0 spiro atoms. The molecule has 0 radical (unpaired) electrons. The zero-order valence-corrected chi connectivity index (χ0v) is 14.3. The Bertz CT molecular complexity index is 458. The van der Waals surface area contributed by atoms with E-state index in [1.54, 1.807) is 0 Å². The largest absolute Gasteiger partial charge is 0.399 e. The highest BCUT2D eigenvalue weighted by molar-refractivity contribution is 5.41. The number of hydrogen-bond donors (Lipinski definition) is 1. The summed E-state index contributed by atoms with van der Waals surface area (Å²) in [6, 6.07) is 8.33. The second-order valence-corrected chi connectivity index (χ2v) is 7.65. The number of nitrogen functional groups attached to an aromatic ring is 1. The molecular formula is C18H31N3. The first-order valence-electron chi connectivity index (χ1n) is 7.97. The summed E-state index contributed by atoms with van der Waals surface area (Å²) in [5, 5.41) is 0. The van der Waals surface area contributed by atoms with E-state index < -0.39 is 0 Å². The molecule has 1 aliphatic rings. The first-order chi connectivity index (χ1) is 9.75. The molecule has 0 heterocycles. The Morgan fingerprint density at radius 3 is 2.10 bits per heavy atom. The van der Waals surface area contributed by atoms with Crippen molar-refractivity contribution in [3.05, 3.63) is 29.8 Å². The SMILES string of the molecule is CN(CC(C)(C)c1ccc(N)cc1)CC1(N(C)C)CCC1. The summed E-state index contributed by atoms with van der Waals surface area (Å²) in [6.07, 6.45) is 4.02. The monoisotopic (exact) mass is 289 g/mol. The maximum atomic E-state index is 5.80. The molecule has 3 heteroatoms. The van der Waals surface area contributed by atoms with Gasteiger partial charge in [0.2, 0.25) is 0 Å². The Morgan fingerprint density at radius 1 is 1.10 bits per heavy atom. The molecule has 0 atom stereocenters. The lowest BCUT2D eigenvalue weighted by molar-refractivity contribution is 0.0234. The predicted octanol–water partition coefficient (Wildman–Crippen LogP) is 2.96. The van der Waals surface area contributed by atoms with Crippen molar-refractivity contribution >= 4 is 5.69 Å². The van der Waals surface area contributed by atoms with E-state index in [9.17, 15) is 0 Å². The lowest BCUT2D eigenvalue weighted by Gasteiger charge is -2.50. The Kier molecular flexibility index (Phi) is 4.64. The van der Waals surface area contributed by atoms with Crippen LogP contribution in [-0.4, -0.2) is 49.6 Å². The fourth-order valence-corrected chi connectivity index (χ4v) is 3.59. The minimum Gasteiger partial charge on any atom is -0.399 e. The van der Waals surface area contributed by atoms with Crippen LogP contribution in [0, 0.1) is 0 Å². The molecule has 118 valence electrons. The molecule has 2 N–H and O–H groups in total. The molecule has 0 aromatic heterocycles. The third-order valence-electron chi connectivity index (χ3n) is 5.15. The van der Waals surface area contributed by atoms with Gasteiger partial charge < -0.3 is 15.5 Å². The number of nitrogens with two attached hydrogens (primary N) is 1. The molecule has 1 saturated carbocycles. The maximum absolute atomic E-state index is 5.80. The van der Waals surface area contributed by atoms with Gasteiger partial charge in [-0.25, -0.2) is 0 Å². The average molecular weight is 289 g/mol. The average Bonchev–Trinajstić information content (AvgIpc) is 2.33. The Balaban J connectivity index is 2.00. The third kappa shape index (κ3) is 3.58. The summed E-state index contributed by atoms with van der Waals surface area (Å²) in [4.78, 5) is 4.92. The molecule has 1 aromatic carbocycles. The quantitative estimate of drug-likeness (QED) is 0.817. The topological polar surface area (TPSA) is 32.5 Å². The van der Waals surface area contributed by atoms with Crippen LogP contribution in [0.15, 0.2) is 24.3 Å². The van der Waals surface area contributed by atoms with Crippen LogP contribution in [0.25, 0.3) is 0 Å². The van der Waals surface area contributed by atoms with Crippen molar-refractivity contribution in [3.8, 4) is 0 Å². The van der Waals surface area contributed by atoms with Gasteiger partial charge in [-0.2, -0.15) is 0 Å². The van der Waals surface area contributed by atoms with Gasteiger partial charge in [0.25, 0.3) is 0 Å². The molecule has 0 aliphatic heterocycles. The molecule has 0 saturated heterocycles. The summed E-state index contributed by atoms with van der Waals surface area (Å²) in [5.74, 6) is 0. The zero-order chi connectivity index (χ0) is 15.7. The van der Waals surface area contributed by atoms with Gasteiger partial charge in [-0.1, -0.05) is 26.0 Å². The summed E-state index contributed by atoms with van der Waals surface area (Å²) in [5.41, 5.74) is 8.53. The van der Waals surface area contributed by atoms with Crippen molar-refractivity contribution in [2.45, 2.75) is 44.1 Å². The zero-order valence-electron chi connectivity index (χ0n) is 14.3. The fourth-order valence-electron chi connectivity index (χ4n) is 3.59. The Hall–Kier alpha value is -1.06. The summed E-state index contributed by atoms with van der Waals surface area (Å²) >= 11 is 0. The molecule has 0 bridgehead atoms. The van der Waals surface area contributed by atoms with E-state index in [4.69, 9.17) is 5.73 Å². The molecule has 1 aliphatic carbocycles. The van der Waals surface area contributed by atoms with Gasteiger partial charge in [-0.3, -0.25) is 0 Å². The van der Waals surface area contributed by atoms with Crippen LogP contribution < -0.4 is 5.73 Å². The van der Waals surface area contributed by atoms with Gasteiger partial charge in [0, 0.05) is 29.7 Å². The van der Waals surface area contributed by atoms with E-state index in [1.807, 2.05) is 12.1 Å². The summed E-state index contributed by atoms with van der Waals surface area (Å²) < 4.78 is 0. The van der Waals surface area contributed by atoms with E-state index in [-0.39, 0.29) is 5.41 Å². The van der Waals surface area contributed by atoms with Crippen molar-refractivity contribution < 1.29 is 0 Å². The van der Waals surface area contributed by atoms with Crippen molar-refractivity contribution in [1.29, 1.82) is 0 Å². The van der Waals surface area contributed by atoms with Crippen LogP contribution >= 0.6 is 0 Å². The van der Waals surface area contributed by atoms with Gasteiger partial charge in [-0.15, -0.1) is 0 Å². The van der Waals surface area contributed by atoms with Crippen molar-refractivity contribution in [2.75, 3.05) is 40.0 Å². The van der Waals surface area contributed by atoms with E-state index in [0.29, 0.717) is 5.54 Å². The number of rotatable bonds is 6. The second-order valence-electron chi connectivity index (χ2n) is 7.65. The van der Waals surface area contributed by atoms with Crippen LogP contribution in [0.2, 0.25) is 0 Å². The van der Waals surface area contributed by atoms with Crippen molar-refractivity contribution in [3.63, 3.8) is 0 Å². The molecule has 21 heavy (non-hydrogen) atoms. The van der Waals surface area contributed by atoms with Crippen LogP contribution in [0.3, 0.4) is 0 Å². The van der Waals surface area contributed by atoms with Crippen LogP contribution in [-0.2, 0) is 5.41 Å². The molecule has 0 amide bonds. The van der Waals surface area contributed by atoms with Gasteiger partial charge in [0.05, 0.1) is 0 Å². The number of hydrogen-bond acceptors (Lipinski definition) is 3. The maximum Gasteiger partial charge on any atom is 0.0330 e. The van der Waals surface area contributed by atoms with Gasteiger partial charge in [0.15, 0.2) is 0 Å². The third-order valence-corrected chi connectivity index (χ3v) is 5.15. The normalized spacial score (nSPS) is 18.0. The first kappa shape index (κ1) is 16.3. The smallest absolute Gasteiger partial charge is 0.0330 e. The first-order valence-corrected chi connectivity index (χ1v) is 7.97. The lowest BCUT2D eigenvalue weighted by Crippen LogP contribution is -2.57. The van der Waals surface area contributed by atoms with E-state index in [2.05, 4.69) is 56.9 Å². The standard InChI is InChI=1S/C18H31N3/c1-17(2,15-7-9-16(19)10-8-15)13-21(5)14-18(20(3)4)11-6-12-18/h7-10H,6,11-14,19H2,1-5H3. The molecule has 1 fully saturated rings. The van der Waals surface area contributed by atoms with E-state index >= 15 is 0 Å². The molecular weight excluding hydrogens is 258 g/mol. The summed E-state index contributed by atoms with van der Waals surface area (Å²) in [7, 11) is 6.69. The highest BCUT2D eigenvalue weighted by Crippen LogP contribution is 2.37. The van der Waals surface area contributed by atoms with Crippen LogP contribution in [0.5, 0.6) is 0 Å². The number of nitrogens with zero attached hydrogens (tertiary/aromatic N) is 2. The van der Waals surface area contributed by atoms with E-state index in [1.165, 1.54) is 24.8 Å². The van der Waals surface area contributed by atoms with Gasteiger partial charge in [0.1, 0.15) is 0 Å². The highest BCUT2D eigenvalue weighted by atomic mass is 15.2. The number of benzene rings is 1. The highest BCUT2D eigenvalue weighted by Gasteiger charge is 2.40. The molecule has 3 nitrogen and oxygen atoms in total.